The minimum Gasteiger partial charge on any atom is -0.480 e. The quantitative estimate of drug-likeness (QED) is 0.446. The lowest BCUT2D eigenvalue weighted by molar-refractivity contribution is -0.136. The van der Waals surface area contributed by atoms with Crippen LogP contribution >= 0.6 is 12.6 Å². The van der Waals surface area contributed by atoms with Gasteiger partial charge in [-0.25, -0.2) is 0 Å². The molecule has 0 saturated heterocycles. The van der Waals surface area contributed by atoms with Crippen molar-refractivity contribution in [2.75, 3.05) is 0 Å². The molecule has 1 atom stereocenters. The lowest BCUT2D eigenvalue weighted by Crippen LogP contribution is -2.06. The van der Waals surface area contributed by atoms with E-state index in [0.29, 0.717) is 0 Å². The summed E-state index contributed by atoms with van der Waals surface area (Å²) in [6.07, 6.45) is 0. The molecule has 44 valence electrons. The smallest absolute Gasteiger partial charge is 0.316 e. The van der Waals surface area contributed by atoms with Crippen molar-refractivity contribution in [2.45, 2.75) is 12.2 Å². The summed E-state index contributed by atoms with van der Waals surface area (Å²) >= 11 is 3.59. The van der Waals surface area contributed by atoms with Gasteiger partial charge >= 0.3 is 5.97 Å². The summed E-state index contributed by atoms with van der Waals surface area (Å²) in [5.74, 6) is -0.877. The van der Waals surface area contributed by atoms with Crippen molar-refractivity contribution in [1.82, 2.24) is 6.15 Å². The molecule has 0 aromatic rings. The molecule has 0 aromatic heterocycles. The maximum atomic E-state index is 9.62. The van der Waals surface area contributed by atoms with Crippen LogP contribution in [0.25, 0.3) is 0 Å². The topological polar surface area (TPSA) is 72.3 Å². The molecule has 3 nitrogen and oxygen atoms in total. The molecule has 0 aromatic carbocycles. The molecule has 0 aliphatic carbocycles. The normalized spacial score (nSPS) is 11.7. The van der Waals surface area contributed by atoms with Crippen molar-refractivity contribution in [3.05, 3.63) is 0 Å². The second-order valence-corrected chi connectivity index (χ2v) is 1.79. The number of hydrogen-bond donors (Lipinski definition) is 3. The number of rotatable bonds is 1. The van der Waals surface area contributed by atoms with Gasteiger partial charge in [0.05, 0.1) is 5.25 Å². The molecule has 0 fully saturated rings. The van der Waals surface area contributed by atoms with E-state index in [2.05, 4.69) is 12.6 Å². The van der Waals surface area contributed by atoms with Crippen LogP contribution < -0.4 is 6.15 Å². The first-order chi connectivity index (χ1) is 2.64. The Labute approximate surface area is 47.7 Å². The van der Waals surface area contributed by atoms with E-state index in [1.165, 1.54) is 6.92 Å². The summed E-state index contributed by atoms with van der Waals surface area (Å²) in [6, 6.07) is 0. The van der Waals surface area contributed by atoms with Gasteiger partial charge in [0.2, 0.25) is 0 Å². The lowest BCUT2D eigenvalue weighted by Gasteiger charge is -1.88. The predicted octanol–water partition coefficient (Wildman–Crippen LogP) is 0.551. The fraction of sp³-hybridized carbons (Fsp3) is 0.667. The molecule has 0 radical (unpaired) electrons. The van der Waals surface area contributed by atoms with Crippen molar-refractivity contribution in [3.8, 4) is 0 Å². The molecule has 4 heteroatoms. The van der Waals surface area contributed by atoms with Crippen molar-refractivity contribution in [1.29, 1.82) is 0 Å². The van der Waals surface area contributed by atoms with Gasteiger partial charge in [-0.15, -0.1) is 0 Å². The number of thiol groups is 1. The van der Waals surface area contributed by atoms with Crippen LogP contribution in [0.2, 0.25) is 0 Å². The lowest BCUT2D eigenvalue weighted by atomic mass is 10.5. The summed E-state index contributed by atoms with van der Waals surface area (Å²) in [5, 5.41) is 7.38. The molecule has 0 aliphatic heterocycles. The standard InChI is InChI=1S/C3H6O2S.H3N/c1-2(6)3(4)5;/h2,6H,1H3,(H,4,5);1H3/t2-;/m0./s1. The molecule has 0 aliphatic rings. The molecule has 0 bridgehead atoms. The van der Waals surface area contributed by atoms with E-state index >= 15 is 0 Å². The third kappa shape index (κ3) is 5.78. The van der Waals surface area contributed by atoms with Gasteiger partial charge in [0.25, 0.3) is 0 Å². The van der Waals surface area contributed by atoms with Crippen molar-refractivity contribution >= 4 is 18.6 Å². The molecule has 0 spiro atoms. The number of carbonyl (C=O) groups is 1. The summed E-state index contributed by atoms with van der Waals surface area (Å²) in [5.41, 5.74) is 0. The Hall–Kier alpha value is -0.220. The van der Waals surface area contributed by atoms with Crippen molar-refractivity contribution < 1.29 is 9.90 Å². The van der Waals surface area contributed by atoms with Gasteiger partial charge in [0, 0.05) is 0 Å². The third-order valence-corrected chi connectivity index (χ3v) is 0.578. The average molecular weight is 123 g/mol. The van der Waals surface area contributed by atoms with E-state index in [0.717, 1.165) is 0 Å². The number of hydrogen-bond acceptors (Lipinski definition) is 3. The largest absolute Gasteiger partial charge is 0.480 e. The van der Waals surface area contributed by atoms with E-state index in [1.54, 1.807) is 0 Å². The Morgan fingerprint density at radius 3 is 2.00 bits per heavy atom. The first-order valence-corrected chi connectivity index (χ1v) is 2.07. The fourth-order valence-corrected chi connectivity index (χ4v) is 0. The van der Waals surface area contributed by atoms with Gasteiger partial charge in [-0.1, -0.05) is 0 Å². The average Bonchev–Trinajstić information content (AvgIpc) is 1.36. The van der Waals surface area contributed by atoms with Crippen LogP contribution in [0.4, 0.5) is 0 Å². The van der Waals surface area contributed by atoms with Crippen LogP contribution in [0.5, 0.6) is 0 Å². The molecular formula is C3H9NO2S. The fourth-order valence-electron chi connectivity index (χ4n) is 0. The SMILES string of the molecule is C[C@H](S)C(=O)O.N. The Balaban J connectivity index is 0. The van der Waals surface area contributed by atoms with E-state index in [1.807, 2.05) is 0 Å². The zero-order valence-electron chi connectivity index (χ0n) is 4.09. The minimum atomic E-state index is -0.877. The third-order valence-electron chi connectivity index (χ3n) is 0.357. The van der Waals surface area contributed by atoms with E-state index in [9.17, 15) is 4.79 Å². The monoisotopic (exact) mass is 123 g/mol. The van der Waals surface area contributed by atoms with Crippen molar-refractivity contribution in [2.24, 2.45) is 0 Å². The van der Waals surface area contributed by atoms with Crippen LogP contribution in [0, 0.1) is 0 Å². The molecule has 0 saturated carbocycles. The summed E-state index contributed by atoms with van der Waals surface area (Å²) in [6.45, 7) is 1.51. The number of carboxylic acids is 1. The molecule has 0 unspecified atom stereocenters. The first kappa shape index (κ1) is 9.91. The zero-order valence-corrected chi connectivity index (χ0v) is 4.98. The second-order valence-electron chi connectivity index (χ2n) is 1.01. The highest BCUT2D eigenvalue weighted by Gasteiger charge is 2.00. The van der Waals surface area contributed by atoms with E-state index in [-0.39, 0.29) is 6.15 Å². The number of carboxylic acid groups (broad SMARTS) is 1. The minimum absolute atomic E-state index is 0. The summed E-state index contributed by atoms with van der Waals surface area (Å²) < 4.78 is 0. The van der Waals surface area contributed by atoms with Gasteiger partial charge in [-0.05, 0) is 6.92 Å². The van der Waals surface area contributed by atoms with Crippen molar-refractivity contribution in [3.63, 3.8) is 0 Å². The van der Waals surface area contributed by atoms with Gasteiger partial charge in [0.15, 0.2) is 0 Å². The molecule has 7 heavy (non-hydrogen) atoms. The van der Waals surface area contributed by atoms with Crippen LogP contribution in [-0.4, -0.2) is 16.3 Å². The Morgan fingerprint density at radius 2 is 2.00 bits per heavy atom. The van der Waals surface area contributed by atoms with E-state index in [4.69, 9.17) is 5.11 Å². The summed E-state index contributed by atoms with van der Waals surface area (Å²) in [7, 11) is 0. The van der Waals surface area contributed by atoms with Gasteiger partial charge in [-0.3, -0.25) is 4.79 Å². The first-order valence-electron chi connectivity index (χ1n) is 1.55. The maximum Gasteiger partial charge on any atom is 0.316 e. The molecule has 4 N–H and O–H groups in total. The van der Waals surface area contributed by atoms with Crippen LogP contribution in [0.3, 0.4) is 0 Å². The number of aliphatic carboxylic acids is 1. The van der Waals surface area contributed by atoms with Crippen LogP contribution in [-0.2, 0) is 4.79 Å². The molecular weight excluding hydrogens is 114 g/mol. The molecule has 0 rings (SSSR count). The van der Waals surface area contributed by atoms with Gasteiger partial charge in [0.1, 0.15) is 0 Å². The Kier molecular flexibility index (Phi) is 5.60. The van der Waals surface area contributed by atoms with Gasteiger partial charge < -0.3 is 11.3 Å². The highest BCUT2D eigenvalue weighted by Crippen LogP contribution is 1.88. The van der Waals surface area contributed by atoms with Crippen LogP contribution in [0.15, 0.2) is 0 Å². The second kappa shape index (κ2) is 3.95. The van der Waals surface area contributed by atoms with Crippen LogP contribution in [0.1, 0.15) is 6.92 Å². The molecule has 0 amide bonds. The van der Waals surface area contributed by atoms with Gasteiger partial charge in [-0.2, -0.15) is 12.6 Å². The highest BCUT2D eigenvalue weighted by atomic mass is 32.1. The van der Waals surface area contributed by atoms with E-state index < -0.39 is 11.2 Å². The molecule has 0 heterocycles. The predicted molar refractivity (Wildman–Crippen MR) is 31.1 cm³/mol. The summed E-state index contributed by atoms with van der Waals surface area (Å²) in [4.78, 5) is 9.62. The maximum absolute atomic E-state index is 9.62. The highest BCUT2D eigenvalue weighted by molar-refractivity contribution is 7.81. The Bertz CT molecular complexity index is 64.0. The Morgan fingerprint density at radius 1 is 1.86 bits per heavy atom. The zero-order chi connectivity index (χ0) is 5.15.